The molecule has 0 aliphatic carbocycles. The zero-order valence-corrected chi connectivity index (χ0v) is 13.2. The topological polar surface area (TPSA) is 57.5 Å². The third-order valence-electron chi connectivity index (χ3n) is 5.03. The highest BCUT2D eigenvalue weighted by Crippen LogP contribution is 2.37. The summed E-state index contributed by atoms with van der Waals surface area (Å²) in [5, 5.41) is 8.19. The lowest BCUT2D eigenvalue weighted by molar-refractivity contribution is -0.143. The van der Waals surface area contributed by atoms with Gasteiger partial charge in [0, 0.05) is 52.4 Å². The molecule has 3 aliphatic rings. The van der Waals surface area contributed by atoms with Crippen LogP contribution in [-0.4, -0.2) is 66.8 Å². The first-order chi connectivity index (χ1) is 10.6. The average Bonchev–Trinajstić information content (AvgIpc) is 3.31. The molecule has 3 unspecified atom stereocenters. The molecule has 6 heteroatoms. The molecule has 0 saturated carbocycles. The summed E-state index contributed by atoms with van der Waals surface area (Å²) in [6, 6.07) is 0.193. The fourth-order valence-electron chi connectivity index (χ4n) is 3.45. The second-order valence-corrected chi connectivity index (χ2v) is 6.46. The number of fused-ring (bicyclic) bond motifs is 2. The molecule has 0 radical (unpaired) electrons. The Morgan fingerprint density at radius 2 is 2.27 bits per heavy atom. The minimum absolute atomic E-state index is 0.155. The number of morpholine rings is 1. The molecule has 0 N–H and O–H groups in total. The molecule has 2 bridgehead atoms. The highest BCUT2D eigenvalue weighted by atomic mass is 16.5. The first kappa shape index (κ1) is 15.4. The Morgan fingerprint density at radius 3 is 3.00 bits per heavy atom. The van der Waals surface area contributed by atoms with Crippen molar-refractivity contribution in [2.45, 2.75) is 49.9 Å². The van der Waals surface area contributed by atoms with E-state index in [9.17, 15) is 4.79 Å². The Labute approximate surface area is 131 Å². The Bertz CT molecular complexity index is 493. The van der Waals surface area contributed by atoms with E-state index in [1.807, 2.05) is 11.9 Å². The van der Waals surface area contributed by atoms with Gasteiger partial charge in [-0.05, 0) is 6.42 Å². The Kier molecular flexibility index (Phi) is 4.46. The summed E-state index contributed by atoms with van der Waals surface area (Å²) in [7, 11) is 1.90. The molecule has 2 saturated heterocycles. The van der Waals surface area contributed by atoms with Crippen LogP contribution in [0.4, 0.5) is 0 Å². The fraction of sp³-hybridized carbons (Fsp3) is 0.812. The number of ether oxygens (including phenoxy) is 1. The van der Waals surface area contributed by atoms with Gasteiger partial charge >= 0.3 is 0 Å². The number of hydrogen-bond donors (Lipinski definition) is 0. The Morgan fingerprint density at radius 1 is 1.45 bits per heavy atom. The number of hydrogen-bond acceptors (Lipinski definition) is 5. The number of likely N-dealkylation sites (N-methyl/N-ethyl adjacent to an activating group) is 1. The molecule has 1 amide bonds. The first-order valence-corrected chi connectivity index (χ1v) is 8.11. The van der Waals surface area contributed by atoms with E-state index in [1.165, 1.54) is 0 Å². The number of terminal acetylenes is 1. The van der Waals surface area contributed by atoms with Crippen LogP contribution in [0.1, 0.15) is 32.1 Å². The fourth-order valence-corrected chi connectivity index (χ4v) is 3.45. The van der Waals surface area contributed by atoms with Crippen LogP contribution in [-0.2, 0) is 9.53 Å². The quantitative estimate of drug-likeness (QED) is 0.695. The molecule has 3 rings (SSSR count). The summed E-state index contributed by atoms with van der Waals surface area (Å²) in [5.74, 6) is 2.77. The lowest BCUT2D eigenvalue weighted by Gasteiger charge is -2.45. The van der Waals surface area contributed by atoms with Crippen molar-refractivity contribution in [1.29, 1.82) is 0 Å². The second kappa shape index (κ2) is 6.35. The highest BCUT2D eigenvalue weighted by Gasteiger charge is 2.41. The average molecular weight is 304 g/mol. The minimum Gasteiger partial charge on any atom is -0.373 e. The summed E-state index contributed by atoms with van der Waals surface area (Å²) in [5.41, 5.74) is -0.367. The maximum Gasteiger partial charge on any atom is 0.222 e. The zero-order valence-electron chi connectivity index (χ0n) is 13.2. The van der Waals surface area contributed by atoms with E-state index in [0.29, 0.717) is 19.3 Å². The molecule has 22 heavy (non-hydrogen) atoms. The van der Waals surface area contributed by atoms with Crippen molar-refractivity contribution in [1.82, 2.24) is 9.80 Å². The molecular weight excluding hydrogens is 280 g/mol. The standard InChI is InChI=1S/C16H24N4O2/c1-3-4-7-16(17-18-16)8-5-15(21)19(2)13-6-9-20-10-11-22-14(13)12-20/h1,13-14H,4-12H2,2H3. The van der Waals surface area contributed by atoms with E-state index in [1.54, 1.807) is 0 Å². The molecule has 6 nitrogen and oxygen atoms in total. The summed E-state index contributed by atoms with van der Waals surface area (Å²) in [4.78, 5) is 16.8. The molecular formula is C16H24N4O2. The SMILES string of the molecule is C#CCCC1(CCC(=O)N(C)C2CCN3CCOC2C3)N=N1. The Hall–Kier alpha value is -1.45. The minimum atomic E-state index is -0.367. The van der Waals surface area contributed by atoms with E-state index in [-0.39, 0.29) is 23.7 Å². The molecule has 120 valence electrons. The molecule has 0 aromatic carbocycles. The zero-order chi connectivity index (χ0) is 15.6. The molecule has 3 atom stereocenters. The summed E-state index contributed by atoms with van der Waals surface area (Å²) in [6.07, 6.45) is 8.99. The number of carbonyl (C=O) groups is 1. The normalized spacial score (nSPS) is 31.4. The van der Waals surface area contributed by atoms with Gasteiger partial charge in [0.05, 0.1) is 18.8 Å². The van der Waals surface area contributed by atoms with E-state index in [0.717, 1.165) is 39.1 Å². The monoisotopic (exact) mass is 304 g/mol. The van der Waals surface area contributed by atoms with Crippen molar-refractivity contribution < 1.29 is 9.53 Å². The number of carbonyl (C=O) groups excluding carboxylic acids is 1. The van der Waals surface area contributed by atoms with Crippen LogP contribution in [0.25, 0.3) is 0 Å². The molecule has 0 aromatic heterocycles. The van der Waals surface area contributed by atoms with Gasteiger partial charge in [-0.3, -0.25) is 9.69 Å². The van der Waals surface area contributed by atoms with Crippen LogP contribution < -0.4 is 0 Å². The third-order valence-corrected chi connectivity index (χ3v) is 5.03. The van der Waals surface area contributed by atoms with Crippen molar-refractivity contribution in [2.24, 2.45) is 10.2 Å². The molecule has 0 aromatic rings. The van der Waals surface area contributed by atoms with E-state index < -0.39 is 0 Å². The number of rotatable bonds is 6. The predicted octanol–water partition coefficient (Wildman–Crippen LogP) is 1.27. The second-order valence-electron chi connectivity index (χ2n) is 6.46. The number of piperidine rings is 1. The summed E-state index contributed by atoms with van der Waals surface area (Å²) < 4.78 is 5.85. The van der Waals surface area contributed by atoms with Gasteiger partial charge in [-0.2, -0.15) is 10.2 Å². The lowest BCUT2D eigenvalue weighted by atomic mass is 9.97. The summed E-state index contributed by atoms with van der Waals surface area (Å²) in [6.45, 7) is 3.79. The molecule has 2 fully saturated rings. The smallest absolute Gasteiger partial charge is 0.222 e. The van der Waals surface area contributed by atoms with Crippen LogP contribution in [0, 0.1) is 12.3 Å². The van der Waals surface area contributed by atoms with E-state index >= 15 is 0 Å². The summed E-state index contributed by atoms with van der Waals surface area (Å²) >= 11 is 0. The van der Waals surface area contributed by atoms with Crippen LogP contribution in [0.5, 0.6) is 0 Å². The lowest BCUT2D eigenvalue weighted by Crippen LogP contribution is -2.59. The molecule has 0 spiro atoms. The van der Waals surface area contributed by atoms with Crippen LogP contribution in [0.2, 0.25) is 0 Å². The van der Waals surface area contributed by atoms with Gasteiger partial charge in [-0.25, -0.2) is 0 Å². The van der Waals surface area contributed by atoms with Crippen LogP contribution in [0.3, 0.4) is 0 Å². The van der Waals surface area contributed by atoms with Crippen LogP contribution >= 0.6 is 0 Å². The Balaban J connectivity index is 1.48. The van der Waals surface area contributed by atoms with Crippen molar-refractivity contribution >= 4 is 5.91 Å². The van der Waals surface area contributed by atoms with E-state index in [4.69, 9.17) is 11.2 Å². The van der Waals surface area contributed by atoms with Crippen molar-refractivity contribution in [3.63, 3.8) is 0 Å². The van der Waals surface area contributed by atoms with Gasteiger partial charge in [0.15, 0.2) is 5.66 Å². The van der Waals surface area contributed by atoms with Crippen molar-refractivity contribution in [3.05, 3.63) is 0 Å². The van der Waals surface area contributed by atoms with Gasteiger partial charge < -0.3 is 9.64 Å². The molecule has 3 aliphatic heterocycles. The van der Waals surface area contributed by atoms with E-state index in [2.05, 4.69) is 21.0 Å². The highest BCUT2D eigenvalue weighted by molar-refractivity contribution is 5.76. The maximum atomic E-state index is 12.5. The third kappa shape index (κ3) is 3.31. The van der Waals surface area contributed by atoms with Crippen molar-refractivity contribution in [3.8, 4) is 12.3 Å². The number of nitrogens with zero attached hydrogens (tertiary/aromatic N) is 4. The van der Waals surface area contributed by atoms with Crippen molar-refractivity contribution in [2.75, 3.05) is 33.3 Å². The molecule has 3 heterocycles. The van der Waals surface area contributed by atoms with Crippen LogP contribution in [0.15, 0.2) is 10.2 Å². The maximum absolute atomic E-state index is 12.5. The predicted molar refractivity (Wildman–Crippen MR) is 82.2 cm³/mol. The van der Waals surface area contributed by atoms with Gasteiger partial charge in [0.1, 0.15) is 0 Å². The van der Waals surface area contributed by atoms with Gasteiger partial charge in [0.2, 0.25) is 5.91 Å². The first-order valence-electron chi connectivity index (χ1n) is 8.11. The largest absolute Gasteiger partial charge is 0.373 e. The van der Waals surface area contributed by atoms with Gasteiger partial charge in [-0.15, -0.1) is 12.3 Å². The van der Waals surface area contributed by atoms with Gasteiger partial charge in [0.25, 0.3) is 0 Å². The number of amides is 1. The van der Waals surface area contributed by atoms with Gasteiger partial charge in [-0.1, -0.05) is 0 Å².